The Bertz CT molecular complexity index is 1090. The Balaban J connectivity index is 1.52. The van der Waals surface area contributed by atoms with Crippen molar-refractivity contribution in [3.05, 3.63) is 78.4 Å². The van der Waals surface area contributed by atoms with Crippen LogP contribution >= 0.6 is 0 Å². The van der Waals surface area contributed by atoms with Crippen LogP contribution in [-0.2, 0) is 16.1 Å². The van der Waals surface area contributed by atoms with Crippen LogP contribution in [0.3, 0.4) is 0 Å². The zero-order valence-corrected chi connectivity index (χ0v) is 18.3. The van der Waals surface area contributed by atoms with Crippen molar-refractivity contribution in [2.45, 2.75) is 24.9 Å². The van der Waals surface area contributed by atoms with E-state index in [1.165, 1.54) is 21.2 Å². The number of anilines is 1. The lowest BCUT2D eigenvalue weighted by molar-refractivity contribution is -0.146. The fourth-order valence-electron chi connectivity index (χ4n) is 4.59. The van der Waals surface area contributed by atoms with Gasteiger partial charge < -0.3 is 15.3 Å². The van der Waals surface area contributed by atoms with E-state index in [9.17, 15) is 14.7 Å². The molecule has 166 valence electrons. The zero-order valence-electron chi connectivity index (χ0n) is 18.3. The fourth-order valence-corrected chi connectivity index (χ4v) is 4.59. The van der Waals surface area contributed by atoms with E-state index in [1.54, 1.807) is 7.05 Å². The summed E-state index contributed by atoms with van der Waals surface area (Å²) in [6, 6.07) is 24.4. The minimum atomic E-state index is -1.01. The van der Waals surface area contributed by atoms with Crippen molar-refractivity contribution in [2.75, 3.05) is 32.0 Å². The quantitative estimate of drug-likeness (QED) is 0.595. The first kappa shape index (κ1) is 21.8. The first-order chi connectivity index (χ1) is 15.5. The minimum Gasteiger partial charge on any atom is -0.480 e. The molecule has 0 unspecified atom stereocenters. The number of nitrogens with one attached hydrogen (secondary N) is 1. The molecule has 0 spiro atoms. The summed E-state index contributed by atoms with van der Waals surface area (Å²) < 4.78 is 0. The van der Waals surface area contributed by atoms with Gasteiger partial charge in [0.15, 0.2) is 0 Å². The summed E-state index contributed by atoms with van der Waals surface area (Å²) in [6.07, 6.45) is 1.21. The van der Waals surface area contributed by atoms with Gasteiger partial charge in [-0.2, -0.15) is 0 Å². The highest BCUT2D eigenvalue weighted by Crippen LogP contribution is 2.30. The Morgan fingerprint density at radius 1 is 0.969 bits per heavy atom. The fraction of sp³-hybridized carbons (Fsp3) is 0.308. The number of benzene rings is 3. The maximum atomic E-state index is 13.4. The van der Waals surface area contributed by atoms with Crippen LogP contribution < -0.4 is 5.32 Å². The summed E-state index contributed by atoms with van der Waals surface area (Å²) in [5.74, 6) is -1.18. The van der Waals surface area contributed by atoms with Crippen molar-refractivity contribution in [1.82, 2.24) is 9.80 Å². The van der Waals surface area contributed by atoms with E-state index in [-0.39, 0.29) is 12.5 Å². The lowest BCUT2D eigenvalue weighted by Gasteiger charge is -2.43. The van der Waals surface area contributed by atoms with Gasteiger partial charge in [-0.1, -0.05) is 60.7 Å². The lowest BCUT2D eigenvalue weighted by atomic mass is 9.85. The molecule has 0 radical (unpaired) electrons. The third-order valence-electron chi connectivity index (χ3n) is 6.27. The second-order valence-corrected chi connectivity index (χ2v) is 8.54. The molecule has 3 aromatic carbocycles. The van der Waals surface area contributed by atoms with E-state index in [0.29, 0.717) is 12.8 Å². The average Bonchev–Trinajstić information content (AvgIpc) is 2.80. The predicted octanol–water partition coefficient (Wildman–Crippen LogP) is 3.83. The van der Waals surface area contributed by atoms with Crippen LogP contribution in [0.1, 0.15) is 18.4 Å². The molecule has 0 saturated carbocycles. The normalized spacial score (nSPS) is 15.9. The number of hydrogen-bond donors (Lipinski definition) is 2. The molecule has 0 aromatic heterocycles. The van der Waals surface area contributed by atoms with Crippen LogP contribution in [0, 0.1) is 0 Å². The van der Waals surface area contributed by atoms with Gasteiger partial charge in [0, 0.05) is 32.4 Å². The van der Waals surface area contributed by atoms with Gasteiger partial charge in [-0.15, -0.1) is 0 Å². The molecule has 1 heterocycles. The van der Waals surface area contributed by atoms with E-state index >= 15 is 0 Å². The highest BCUT2D eigenvalue weighted by Gasteiger charge is 2.43. The maximum absolute atomic E-state index is 13.4. The molecule has 32 heavy (non-hydrogen) atoms. The first-order valence-electron chi connectivity index (χ1n) is 11.0. The maximum Gasteiger partial charge on any atom is 0.323 e. The number of fused-ring (bicyclic) bond motifs is 1. The number of carboxylic acids is 1. The van der Waals surface area contributed by atoms with Crippen molar-refractivity contribution in [3.8, 4) is 0 Å². The van der Waals surface area contributed by atoms with Crippen molar-refractivity contribution in [1.29, 1.82) is 0 Å². The highest BCUT2D eigenvalue weighted by atomic mass is 16.4. The van der Waals surface area contributed by atoms with Crippen LogP contribution in [0.2, 0.25) is 0 Å². The molecular weight excluding hydrogens is 402 g/mol. The number of aliphatic carboxylic acids is 1. The second kappa shape index (κ2) is 9.40. The molecule has 6 nitrogen and oxygen atoms in total. The smallest absolute Gasteiger partial charge is 0.323 e. The number of rotatable bonds is 7. The van der Waals surface area contributed by atoms with E-state index in [4.69, 9.17) is 0 Å². The molecule has 1 aliphatic heterocycles. The number of para-hydroxylation sites is 1. The molecule has 1 fully saturated rings. The van der Waals surface area contributed by atoms with E-state index < -0.39 is 11.5 Å². The van der Waals surface area contributed by atoms with Gasteiger partial charge in [0.05, 0.1) is 0 Å². The molecule has 0 atom stereocenters. The monoisotopic (exact) mass is 431 g/mol. The lowest BCUT2D eigenvalue weighted by Crippen LogP contribution is -2.59. The summed E-state index contributed by atoms with van der Waals surface area (Å²) >= 11 is 0. The molecule has 0 aliphatic carbocycles. The standard InChI is InChI=1S/C26H29N3O3/c1-28(19-24(30)31)25(32)26(27-22-11-3-2-4-12-22)14-16-29(17-15-26)18-21-10-7-9-20-8-5-6-13-23(20)21/h2-13,27H,14-19H2,1H3,(H,30,31). The predicted molar refractivity (Wildman–Crippen MR) is 127 cm³/mol. The van der Waals surface area contributed by atoms with Crippen molar-refractivity contribution < 1.29 is 14.7 Å². The second-order valence-electron chi connectivity index (χ2n) is 8.54. The van der Waals surface area contributed by atoms with Gasteiger partial charge in [0.1, 0.15) is 12.1 Å². The topological polar surface area (TPSA) is 72.9 Å². The average molecular weight is 432 g/mol. The highest BCUT2D eigenvalue weighted by molar-refractivity contribution is 5.91. The molecule has 6 heteroatoms. The Hall–Kier alpha value is -3.38. The van der Waals surface area contributed by atoms with Crippen LogP contribution in [0.15, 0.2) is 72.8 Å². The van der Waals surface area contributed by atoms with Gasteiger partial charge in [0.25, 0.3) is 0 Å². The third-order valence-corrected chi connectivity index (χ3v) is 6.27. The number of nitrogens with zero attached hydrogens (tertiary/aromatic N) is 2. The number of likely N-dealkylation sites (N-methyl/N-ethyl adjacent to an activating group) is 1. The molecule has 2 N–H and O–H groups in total. The van der Waals surface area contributed by atoms with Crippen molar-refractivity contribution in [3.63, 3.8) is 0 Å². The summed E-state index contributed by atoms with van der Waals surface area (Å²) in [7, 11) is 1.56. The minimum absolute atomic E-state index is 0.173. The van der Waals surface area contributed by atoms with Gasteiger partial charge in [0.2, 0.25) is 5.91 Å². The number of amides is 1. The van der Waals surface area contributed by atoms with Gasteiger partial charge in [-0.3, -0.25) is 14.5 Å². The SMILES string of the molecule is CN(CC(=O)O)C(=O)C1(Nc2ccccc2)CCN(Cc2cccc3ccccc23)CC1. The van der Waals surface area contributed by atoms with Gasteiger partial charge in [-0.05, 0) is 41.3 Å². The number of hydrogen-bond acceptors (Lipinski definition) is 4. The van der Waals surface area contributed by atoms with Crippen molar-refractivity contribution >= 4 is 28.3 Å². The Morgan fingerprint density at radius 3 is 2.34 bits per heavy atom. The number of likely N-dealkylation sites (tertiary alicyclic amines) is 1. The van der Waals surface area contributed by atoms with E-state index in [1.807, 2.05) is 30.3 Å². The summed E-state index contributed by atoms with van der Waals surface area (Å²) in [5.41, 5.74) is 1.33. The Kier molecular flexibility index (Phi) is 6.42. The molecule has 1 amide bonds. The number of carbonyl (C=O) groups excluding carboxylic acids is 1. The van der Waals surface area contributed by atoms with E-state index in [0.717, 1.165) is 25.3 Å². The van der Waals surface area contributed by atoms with Crippen LogP contribution in [0.5, 0.6) is 0 Å². The number of carboxylic acid groups (broad SMARTS) is 1. The molecule has 1 saturated heterocycles. The van der Waals surface area contributed by atoms with Crippen LogP contribution in [0.4, 0.5) is 5.69 Å². The first-order valence-corrected chi connectivity index (χ1v) is 11.0. The van der Waals surface area contributed by atoms with Gasteiger partial charge in [-0.25, -0.2) is 0 Å². The third kappa shape index (κ3) is 4.75. The molecule has 4 rings (SSSR count). The molecule has 3 aromatic rings. The molecule has 1 aliphatic rings. The van der Waals surface area contributed by atoms with Gasteiger partial charge >= 0.3 is 5.97 Å². The largest absolute Gasteiger partial charge is 0.480 e. The number of piperidine rings is 1. The summed E-state index contributed by atoms with van der Waals surface area (Å²) in [6.45, 7) is 2.00. The number of carbonyl (C=O) groups is 2. The summed E-state index contributed by atoms with van der Waals surface area (Å²) in [4.78, 5) is 28.3. The van der Waals surface area contributed by atoms with Crippen LogP contribution in [-0.4, -0.2) is 59.0 Å². The zero-order chi connectivity index (χ0) is 22.6. The summed E-state index contributed by atoms with van der Waals surface area (Å²) in [5, 5.41) is 15.1. The van der Waals surface area contributed by atoms with Crippen molar-refractivity contribution in [2.24, 2.45) is 0 Å². The molecular formula is C26H29N3O3. The Labute approximate surface area is 188 Å². The van der Waals surface area contributed by atoms with Crippen LogP contribution in [0.25, 0.3) is 10.8 Å². The molecule has 0 bridgehead atoms. The Morgan fingerprint density at radius 2 is 1.62 bits per heavy atom. The van der Waals surface area contributed by atoms with E-state index in [2.05, 4.69) is 52.7 Å².